The lowest BCUT2D eigenvalue weighted by molar-refractivity contribution is 0.0940. The van der Waals surface area contributed by atoms with Gasteiger partial charge in [0.25, 0.3) is 5.91 Å². The van der Waals surface area contributed by atoms with Gasteiger partial charge in [-0.1, -0.05) is 13.8 Å². The fourth-order valence-electron chi connectivity index (χ4n) is 2.09. The highest BCUT2D eigenvalue weighted by Crippen LogP contribution is 2.51. The molecule has 0 aliphatic heterocycles. The van der Waals surface area contributed by atoms with E-state index in [1.54, 1.807) is 12.1 Å². The maximum atomic E-state index is 11.9. The molecule has 1 aromatic carbocycles. The van der Waals surface area contributed by atoms with E-state index in [0.29, 0.717) is 16.9 Å². The number of carbonyl (C=O) groups is 1. The van der Waals surface area contributed by atoms with Crippen LogP contribution in [0.3, 0.4) is 0 Å². The van der Waals surface area contributed by atoms with Crippen molar-refractivity contribution in [1.29, 1.82) is 0 Å². The van der Waals surface area contributed by atoms with Crippen molar-refractivity contribution in [3.63, 3.8) is 0 Å². The Morgan fingerprint density at radius 2 is 1.94 bits per heavy atom. The SMILES string of the molecule is CC(C)C1(CNC(=O)c2ccc(O)cc2)CC1. The number of benzene rings is 1. The molecule has 3 nitrogen and oxygen atoms in total. The van der Waals surface area contributed by atoms with Crippen molar-refractivity contribution in [1.82, 2.24) is 5.32 Å². The van der Waals surface area contributed by atoms with E-state index in [2.05, 4.69) is 19.2 Å². The minimum Gasteiger partial charge on any atom is -0.508 e. The zero-order valence-electron chi connectivity index (χ0n) is 10.4. The molecule has 0 aromatic heterocycles. The fraction of sp³-hybridized carbons (Fsp3) is 0.500. The molecule has 3 heteroatoms. The van der Waals surface area contributed by atoms with Gasteiger partial charge in [-0.05, 0) is 48.4 Å². The summed E-state index contributed by atoms with van der Waals surface area (Å²) in [6.45, 7) is 5.17. The molecule has 0 heterocycles. The molecule has 0 atom stereocenters. The second-order valence-electron chi connectivity index (χ2n) is 5.25. The zero-order chi connectivity index (χ0) is 12.5. The molecule has 0 unspecified atom stereocenters. The first-order chi connectivity index (χ1) is 8.03. The van der Waals surface area contributed by atoms with Crippen molar-refractivity contribution < 1.29 is 9.90 Å². The normalized spacial score (nSPS) is 16.9. The van der Waals surface area contributed by atoms with Crippen LogP contribution in [0, 0.1) is 11.3 Å². The molecule has 0 bridgehead atoms. The molecule has 1 fully saturated rings. The number of hydrogen-bond donors (Lipinski definition) is 2. The first kappa shape index (κ1) is 12.0. The number of hydrogen-bond acceptors (Lipinski definition) is 2. The highest BCUT2D eigenvalue weighted by molar-refractivity contribution is 5.94. The summed E-state index contributed by atoms with van der Waals surface area (Å²) in [6.07, 6.45) is 2.42. The summed E-state index contributed by atoms with van der Waals surface area (Å²) in [5.74, 6) is 0.738. The van der Waals surface area contributed by atoms with Crippen LogP contribution in [0.4, 0.5) is 0 Å². The Balaban J connectivity index is 1.92. The summed E-state index contributed by atoms with van der Waals surface area (Å²) in [5.41, 5.74) is 0.925. The van der Waals surface area contributed by atoms with Gasteiger partial charge in [0.15, 0.2) is 0 Å². The molecular formula is C14H19NO2. The largest absolute Gasteiger partial charge is 0.508 e. The first-order valence-electron chi connectivity index (χ1n) is 6.11. The average Bonchev–Trinajstić information content (AvgIpc) is 3.08. The number of nitrogens with one attached hydrogen (secondary N) is 1. The van der Waals surface area contributed by atoms with Crippen LogP contribution in [-0.2, 0) is 0 Å². The predicted octanol–water partition coefficient (Wildman–Crippen LogP) is 2.56. The summed E-state index contributed by atoms with van der Waals surface area (Å²) in [5, 5.41) is 12.1. The van der Waals surface area contributed by atoms with Gasteiger partial charge in [0.2, 0.25) is 0 Å². The molecule has 92 valence electrons. The molecule has 2 N–H and O–H groups in total. The summed E-state index contributed by atoms with van der Waals surface area (Å²) < 4.78 is 0. The Hall–Kier alpha value is -1.51. The standard InChI is InChI=1S/C14H19NO2/c1-10(2)14(7-8-14)9-15-13(17)11-3-5-12(16)6-4-11/h3-6,10,16H,7-9H2,1-2H3,(H,15,17). The van der Waals surface area contributed by atoms with Crippen LogP contribution in [0.25, 0.3) is 0 Å². The summed E-state index contributed by atoms with van der Waals surface area (Å²) in [6, 6.07) is 6.34. The second kappa shape index (κ2) is 4.40. The number of rotatable bonds is 4. The molecule has 0 radical (unpaired) electrons. The monoisotopic (exact) mass is 233 g/mol. The lowest BCUT2D eigenvalue weighted by atomic mass is 9.92. The fourth-order valence-corrected chi connectivity index (χ4v) is 2.09. The Bertz CT molecular complexity index is 405. The van der Waals surface area contributed by atoms with Crippen LogP contribution in [0.2, 0.25) is 0 Å². The first-order valence-corrected chi connectivity index (χ1v) is 6.11. The Morgan fingerprint density at radius 3 is 2.41 bits per heavy atom. The molecular weight excluding hydrogens is 214 g/mol. The number of carbonyl (C=O) groups excluding carboxylic acids is 1. The van der Waals surface area contributed by atoms with Crippen molar-refractivity contribution in [3.8, 4) is 5.75 Å². The van der Waals surface area contributed by atoms with E-state index in [9.17, 15) is 4.79 Å². The van der Waals surface area contributed by atoms with Crippen LogP contribution < -0.4 is 5.32 Å². The molecule has 0 spiro atoms. The van der Waals surface area contributed by atoms with Crippen molar-refractivity contribution in [2.24, 2.45) is 11.3 Å². The molecule has 0 saturated heterocycles. The smallest absolute Gasteiger partial charge is 0.251 e. The third kappa shape index (κ3) is 2.60. The van der Waals surface area contributed by atoms with Crippen molar-refractivity contribution in [2.45, 2.75) is 26.7 Å². The second-order valence-corrected chi connectivity index (χ2v) is 5.25. The van der Waals surface area contributed by atoms with Gasteiger partial charge in [-0.15, -0.1) is 0 Å². The molecule has 1 aliphatic rings. The van der Waals surface area contributed by atoms with Crippen LogP contribution in [0.15, 0.2) is 24.3 Å². The molecule has 1 aromatic rings. The molecule has 17 heavy (non-hydrogen) atoms. The lowest BCUT2D eigenvalue weighted by Gasteiger charge is -2.19. The zero-order valence-corrected chi connectivity index (χ0v) is 10.4. The van der Waals surface area contributed by atoms with Crippen molar-refractivity contribution >= 4 is 5.91 Å². The van der Waals surface area contributed by atoms with Crippen LogP contribution >= 0.6 is 0 Å². The van der Waals surface area contributed by atoms with Gasteiger partial charge in [-0.2, -0.15) is 0 Å². The van der Waals surface area contributed by atoms with E-state index in [1.807, 2.05) is 0 Å². The Morgan fingerprint density at radius 1 is 1.35 bits per heavy atom. The van der Waals surface area contributed by atoms with E-state index < -0.39 is 0 Å². The van der Waals surface area contributed by atoms with Gasteiger partial charge in [0.1, 0.15) is 5.75 Å². The number of phenols is 1. The van der Waals surface area contributed by atoms with Gasteiger partial charge in [-0.3, -0.25) is 4.79 Å². The Kier molecular flexibility index (Phi) is 3.09. The maximum Gasteiger partial charge on any atom is 0.251 e. The quantitative estimate of drug-likeness (QED) is 0.839. The van der Waals surface area contributed by atoms with Crippen molar-refractivity contribution in [2.75, 3.05) is 6.54 Å². The van der Waals surface area contributed by atoms with E-state index in [1.165, 1.54) is 25.0 Å². The number of aromatic hydroxyl groups is 1. The van der Waals surface area contributed by atoms with Crippen LogP contribution in [-0.4, -0.2) is 17.6 Å². The third-order valence-corrected chi connectivity index (χ3v) is 3.85. The highest BCUT2D eigenvalue weighted by atomic mass is 16.3. The van der Waals surface area contributed by atoms with Gasteiger partial charge in [0.05, 0.1) is 0 Å². The van der Waals surface area contributed by atoms with Gasteiger partial charge >= 0.3 is 0 Å². The van der Waals surface area contributed by atoms with Crippen LogP contribution in [0.1, 0.15) is 37.0 Å². The van der Waals surface area contributed by atoms with Gasteiger partial charge < -0.3 is 10.4 Å². The third-order valence-electron chi connectivity index (χ3n) is 3.85. The average molecular weight is 233 g/mol. The van der Waals surface area contributed by atoms with E-state index in [4.69, 9.17) is 5.11 Å². The van der Waals surface area contributed by atoms with Gasteiger partial charge in [0, 0.05) is 12.1 Å². The minimum absolute atomic E-state index is 0.0584. The summed E-state index contributed by atoms with van der Waals surface area (Å²) >= 11 is 0. The summed E-state index contributed by atoms with van der Waals surface area (Å²) in [4.78, 5) is 11.9. The number of amides is 1. The summed E-state index contributed by atoms with van der Waals surface area (Å²) in [7, 11) is 0. The topological polar surface area (TPSA) is 49.3 Å². The predicted molar refractivity (Wildman–Crippen MR) is 66.9 cm³/mol. The number of phenolic OH excluding ortho intramolecular Hbond substituents is 1. The lowest BCUT2D eigenvalue weighted by Crippen LogP contribution is -2.32. The molecule has 1 amide bonds. The minimum atomic E-state index is -0.0584. The molecule has 1 saturated carbocycles. The maximum absolute atomic E-state index is 11.9. The van der Waals surface area contributed by atoms with E-state index >= 15 is 0 Å². The molecule has 1 aliphatic carbocycles. The van der Waals surface area contributed by atoms with E-state index in [0.717, 1.165) is 6.54 Å². The Labute approximate surface area is 102 Å². The molecule has 2 rings (SSSR count). The van der Waals surface area contributed by atoms with Crippen molar-refractivity contribution in [3.05, 3.63) is 29.8 Å². The van der Waals surface area contributed by atoms with Crippen LogP contribution in [0.5, 0.6) is 5.75 Å². The van der Waals surface area contributed by atoms with E-state index in [-0.39, 0.29) is 11.7 Å². The highest BCUT2D eigenvalue weighted by Gasteiger charge is 2.45. The van der Waals surface area contributed by atoms with Gasteiger partial charge in [-0.25, -0.2) is 0 Å².